The average molecular weight is 945 g/mol. The number of halogens is 6. The predicted octanol–water partition coefficient (Wildman–Crippen LogP) is 12.7. The van der Waals surface area contributed by atoms with Gasteiger partial charge in [-0.1, -0.05) is 109 Å². The molecule has 0 N–H and O–H groups in total. The molecule has 2 aromatic heterocycles. The summed E-state index contributed by atoms with van der Waals surface area (Å²) < 4.78 is 143. The molecule has 11 rings (SSSR count). The van der Waals surface area contributed by atoms with Gasteiger partial charge in [0, 0.05) is 32.9 Å². The summed E-state index contributed by atoms with van der Waals surface area (Å²) in [5, 5.41) is 3.94. The second-order valence-electron chi connectivity index (χ2n) is 16.0. The molecule has 16 heteroatoms. The Morgan fingerprint density at radius 3 is 0.985 bits per heavy atom. The van der Waals surface area contributed by atoms with Crippen molar-refractivity contribution in [3.05, 3.63) is 204 Å². The third kappa shape index (κ3) is 6.41. The fraction of sp³-hybridized carbons (Fsp3) is 0.0588. The van der Waals surface area contributed by atoms with Crippen molar-refractivity contribution in [3.63, 3.8) is 0 Å². The van der Waals surface area contributed by atoms with Gasteiger partial charge in [0.25, 0.3) is 0 Å². The molecule has 0 aliphatic heterocycles. The van der Waals surface area contributed by atoms with Crippen molar-refractivity contribution in [1.29, 1.82) is 0 Å². The van der Waals surface area contributed by atoms with Crippen LogP contribution >= 0.6 is 0 Å². The Bertz CT molecular complexity index is 3520. The number of rotatable bonds is 8. The molecule has 0 amide bonds. The largest absolute Gasteiger partial charge is 0.534 e. The second-order valence-corrected chi connectivity index (χ2v) is 19.0. The third-order valence-corrected chi connectivity index (χ3v) is 14.3. The van der Waals surface area contributed by atoms with Crippen LogP contribution in [0, 0.1) is 0 Å². The number of benzene rings is 8. The van der Waals surface area contributed by atoms with Gasteiger partial charge in [-0.2, -0.15) is 43.2 Å². The van der Waals surface area contributed by atoms with Crippen molar-refractivity contribution in [1.82, 2.24) is 9.13 Å². The molecule has 0 radical (unpaired) electrons. The van der Waals surface area contributed by atoms with Gasteiger partial charge in [0.1, 0.15) is 11.5 Å². The lowest BCUT2D eigenvalue weighted by molar-refractivity contribution is -0.0504. The number of aromatic nitrogens is 2. The molecular formula is C51H30F6N2O6S2. The molecular weight excluding hydrogens is 915 g/mol. The molecule has 2 heterocycles. The van der Waals surface area contributed by atoms with Gasteiger partial charge in [-0.3, -0.25) is 0 Å². The van der Waals surface area contributed by atoms with Gasteiger partial charge in [-0.05, 0) is 106 Å². The Labute approximate surface area is 377 Å². The minimum Gasteiger partial charge on any atom is -0.376 e. The van der Waals surface area contributed by atoms with E-state index < -0.39 is 48.2 Å². The zero-order valence-electron chi connectivity index (χ0n) is 34.2. The van der Waals surface area contributed by atoms with E-state index in [1.807, 2.05) is 133 Å². The van der Waals surface area contributed by atoms with E-state index in [2.05, 4.69) is 17.5 Å². The number of para-hydroxylation sites is 4. The van der Waals surface area contributed by atoms with E-state index in [0.717, 1.165) is 79.0 Å². The minimum atomic E-state index is -6.06. The fourth-order valence-electron chi connectivity index (χ4n) is 9.64. The summed E-state index contributed by atoms with van der Waals surface area (Å²) in [5.74, 6) is -1.26. The van der Waals surface area contributed by atoms with Crippen LogP contribution in [0.5, 0.6) is 11.5 Å². The summed E-state index contributed by atoms with van der Waals surface area (Å²) in [4.78, 5) is 0. The van der Waals surface area contributed by atoms with E-state index in [4.69, 9.17) is 0 Å². The zero-order chi connectivity index (χ0) is 46.7. The van der Waals surface area contributed by atoms with Crippen molar-refractivity contribution >= 4 is 63.8 Å². The average Bonchev–Trinajstić information content (AvgIpc) is 3.92. The summed E-state index contributed by atoms with van der Waals surface area (Å²) in [5.41, 5.74) is -4.45. The molecule has 1 aliphatic rings. The number of hydrogen-bond donors (Lipinski definition) is 0. The van der Waals surface area contributed by atoms with Crippen LogP contribution in [0.15, 0.2) is 182 Å². The molecule has 0 atom stereocenters. The molecule has 334 valence electrons. The highest BCUT2D eigenvalue weighted by atomic mass is 32.2. The van der Waals surface area contributed by atoms with Crippen LogP contribution in [0.25, 0.3) is 66.1 Å². The first-order valence-electron chi connectivity index (χ1n) is 20.5. The lowest BCUT2D eigenvalue weighted by Gasteiger charge is -2.34. The predicted molar refractivity (Wildman–Crippen MR) is 244 cm³/mol. The zero-order valence-corrected chi connectivity index (χ0v) is 35.9. The van der Waals surface area contributed by atoms with Gasteiger partial charge < -0.3 is 17.5 Å². The second kappa shape index (κ2) is 14.7. The normalized spacial score (nSPS) is 13.9. The number of nitrogens with zero attached hydrogens (tertiary/aromatic N) is 2. The van der Waals surface area contributed by atoms with E-state index >= 15 is 0 Å². The van der Waals surface area contributed by atoms with Crippen LogP contribution in [-0.2, 0) is 25.7 Å². The Hall–Kier alpha value is -7.56. The number of alkyl halides is 6. The van der Waals surface area contributed by atoms with E-state index in [1.54, 1.807) is 0 Å². The first-order chi connectivity index (χ1) is 32.0. The van der Waals surface area contributed by atoms with Crippen molar-refractivity contribution in [2.24, 2.45) is 0 Å². The molecule has 1 aliphatic carbocycles. The summed E-state index contributed by atoms with van der Waals surface area (Å²) >= 11 is 0. The monoisotopic (exact) mass is 944 g/mol. The van der Waals surface area contributed by atoms with Crippen LogP contribution in [0.3, 0.4) is 0 Å². The fourth-order valence-corrected chi connectivity index (χ4v) is 10.6. The van der Waals surface area contributed by atoms with Crippen LogP contribution in [0.4, 0.5) is 26.3 Å². The van der Waals surface area contributed by atoms with Gasteiger partial charge >= 0.3 is 31.3 Å². The Kier molecular flexibility index (Phi) is 9.25. The number of fused-ring (bicyclic) bond motifs is 9. The minimum absolute atomic E-state index is 0.389. The van der Waals surface area contributed by atoms with Crippen molar-refractivity contribution < 1.29 is 51.5 Å². The maximum absolute atomic E-state index is 13.5. The van der Waals surface area contributed by atoms with Crippen molar-refractivity contribution in [2.45, 2.75) is 16.4 Å². The smallest absolute Gasteiger partial charge is 0.376 e. The van der Waals surface area contributed by atoms with Gasteiger partial charge in [-0.15, -0.1) is 0 Å². The molecule has 0 spiro atoms. The Balaban J connectivity index is 1.22. The lowest BCUT2D eigenvalue weighted by atomic mass is 9.67. The Morgan fingerprint density at radius 1 is 0.388 bits per heavy atom. The van der Waals surface area contributed by atoms with Crippen molar-refractivity contribution in [2.75, 3.05) is 0 Å². The quantitative estimate of drug-likeness (QED) is 0.0855. The van der Waals surface area contributed by atoms with Crippen LogP contribution in [0.1, 0.15) is 22.3 Å². The van der Waals surface area contributed by atoms with Gasteiger partial charge in [0.05, 0.1) is 27.5 Å². The SMILES string of the molecule is O=S(=O)(Oc1ccc(C2(c3ccc(OS(=O)(=O)C(F)(F)F)cc3)c3cc(-n4c5ccccc5c5ccccc54)ccc3-c3ccc(-n4c5ccccc5c5ccccc54)cc32)cc1)C(F)(F)F. The van der Waals surface area contributed by atoms with Gasteiger partial charge in [-0.25, -0.2) is 0 Å². The first-order valence-corrected chi connectivity index (χ1v) is 23.3. The molecule has 8 aromatic carbocycles. The molecule has 0 saturated heterocycles. The van der Waals surface area contributed by atoms with E-state index in [9.17, 15) is 43.2 Å². The summed E-state index contributed by atoms with van der Waals surface area (Å²) in [6.07, 6.45) is 0. The van der Waals surface area contributed by atoms with E-state index in [1.165, 1.54) is 24.3 Å². The molecule has 10 aromatic rings. The van der Waals surface area contributed by atoms with Crippen molar-refractivity contribution in [3.8, 4) is 34.0 Å². The van der Waals surface area contributed by atoms with Gasteiger partial charge in [0.2, 0.25) is 0 Å². The highest BCUT2D eigenvalue weighted by molar-refractivity contribution is 7.88. The summed E-state index contributed by atoms with van der Waals surface area (Å²) in [7, 11) is -12.1. The van der Waals surface area contributed by atoms with Crippen LogP contribution in [0.2, 0.25) is 0 Å². The first kappa shape index (κ1) is 42.1. The third-order valence-electron chi connectivity index (χ3n) is 12.3. The summed E-state index contributed by atoms with van der Waals surface area (Å²) in [6, 6.07) is 53.4. The molecule has 8 nitrogen and oxygen atoms in total. The summed E-state index contributed by atoms with van der Waals surface area (Å²) in [6.45, 7) is 0. The van der Waals surface area contributed by atoms with E-state index in [0.29, 0.717) is 33.6 Å². The molecule has 67 heavy (non-hydrogen) atoms. The molecule has 0 saturated carbocycles. The Morgan fingerprint density at radius 2 is 0.687 bits per heavy atom. The molecule has 0 unspecified atom stereocenters. The lowest BCUT2D eigenvalue weighted by Crippen LogP contribution is -2.30. The number of hydrogen-bond acceptors (Lipinski definition) is 6. The topological polar surface area (TPSA) is 96.6 Å². The molecule has 0 fully saturated rings. The highest BCUT2D eigenvalue weighted by Crippen LogP contribution is 2.58. The highest BCUT2D eigenvalue weighted by Gasteiger charge is 2.51. The molecule has 0 bridgehead atoms. The standard InChI is InChI=1S/C51H30F6N2O6S2/c52-50(53,54)66(60,61)64-35-23-17-31(18-24-35)49(32-19-25-36(26-20-32)65-67(62,63)51(55,56)57)43-29-33(58-45-13-5-1-9-39(45)40-10-2-6-14-46(40)58)21-27-37(43)38-28-22-34(30-44(38)49)59-47-15-7-3-11-41(47)42-12-4-8-16-48(42)59/h1-30H. The maximum atomic E-state index is 13.5. The maximum Gasteiger partial charge on any atom is 0.534 e. The van der Waals surface area contributed by atoms with E-state index in [-0.39, 0.29) is 0 Å². The van der Waals surface area contributed by atoms with Gasteiger partial charge in [0.15, 0.2) is 0 Å². The van der Waals surface area contributed by atoms with Crippen LogP contribution in [-0.4, -0.2) is 37.0 Å². The van der Waals surface area contributed by atoms with Crippen LogP contribution < -0.4 is 8.37 Å².